The monoisotopic (exact) mass is 383 g/mol. The average Bonchev–Trinajstić information content (AvgIpc) is 2.62. The Morgan fingerprint density at radius 1 is 1.23 bits per heavy atom. The zero-order valence-corrected chi connectivity index (χ0v) is 15.8. The molecule has 26 heavy (non-hydrogen) atoms. The van der Waals surface area contributed by atoms with Gasteiger partial charge in [-0.25, -0.2) is 8.42 Å². The number of benzene rings is 1. The molecule has 1 atom stereocenters. The van der Waals surface area contributed by atoms with Crippen molar-refractivity contribution in [3.8, 4) is 0 Å². The quantitative estimate of drug-likeness (QED) is 0.564. The average molecular weight is 383 g/mol. The van der Waals surface area contributed by atoms with Gasteiger partial charge in [-0.2, -0.15) is 0 Å². The smallest absolute Gasteiger partial charge is 0.293 e. The number of piperazine rings is 1. The molecule has 0 aliphatic carbocycles. The molecule has 2 heterocycles. The van der Waals surface area contributed by atoms with Gasteiger partial charge in [-0.1, -0.05) is 0 Å². The third-order valence-corrected chi connectivity index (χ3v) is 6.13. The highest BCUT2D eigenvalue weighted by molar-refractivity contribution is 7.90. The first-order valence-electron chi connectivity index (χ1n) is 8.92. The second-order valence-corrected chi connectivity index (χ2v) is 8.97. The summed E-state index contributed by atoms with van der Waals surface area (Å²) in [4.78, 5) is 15.2. The Balaban J connectivity index is 1.67. The van der Waals surface area contributed by atoms with Crippen molar-refractivity contribution in [1.82, 2.24) is 4.90 Å². The van der Waals surface area contributed by atoms with Gasteiger partial charge < -0.3 is 9.64 Å². The summed E-state index contributed by atoms with van der Waals surface area (Å²) in [5, 5.41) is 11.4. The van der Waals surface area contributed by atoms with Crippen molar-refractivity contribution in [2.45, 2.75) is 30.3 Å². The molecule has 0 unspecified atom stereocenters. The highest BCUT2D eigenvalue weighted by Crippen LogP contribution is 2.31. The normalized spacial score (nSPS) is 22.3. The Morgan fingerprint density at radius 2 is 1.96 bits per heavy atom. The minimum Gasteiger partial charge on any atom is -0.377 e. The molecular formula is C17H25N3O5S. The molecule has 9 heteroatoms. The number of nitrogens with zero attached hydrogens (tertiary/aromatic N) is 3. The molecule has 0 N–H and O–H groups in total. The van der Waals surface area contributed by atoms with Gasteiger partial charge in [0, 0.05) is 51.7 Å². The molecule has 0 spiro atoms. The van der Waals surface area contributed by atoms with E-state index in [0.717, 1.165) is 51.4 Å². The molecule has 0 radical (unpaired) electrons. The van der Waals surface area contributed by atoms with E-state index in [-0.39, 0.29) is 10.6 Å². The maximum absolute atomic E-state index is 11.7. The van der Waals surface area contributed by atoms with E-state index in [1.807, 2.05) is 4.90 Å². The van der Waals surface area contributed by atoms with Crippen molar-refractivity contribution in [3.05, 3.63) is 28.3 Å². The number of sulfone groups is 1. The van der Waals surface area contributed by atoms with E-state index in [1.54, 1.807) is 6.07 Å². The highest BCUT2D eigenvalue weighted by Gasteiger charge is 2.27. The summed E-state index contributed by atoms with van der Waals surface area (Å²) in [7, 11) is -3.48. The van der Waals surface area contributed by atoms with E-state index in [1.165, 1.54) is 12.5 Å². The van der Waals surface area contributed by atoms with Crippen LogP contribution in [0.2, 0.25) is 0 Å². The van der Waals surface area contributed by atoms with Crippen LogP contribution in [0.5, 0.6) is 0 Å². The second-order valence-electron chi connectivity index (χ2n) is 6.96. The van der Waals surface area contributed by atoms with Gasteiger partial charge in [0.15, 0.2) is 9.84 Å². The highest BCUT2D eigenvalue weighted by atomic mass is 32.2. The fraction of sp³-hybridized carbons (Fsp3) is 0.647. The van der Waals surface area contributed by atoms with Gasteiger partial charge in [-0.3, -0.25) is 15.0 Å². The fourth-order valence-electron chi connectivity index (χ4n) is 3.56. The van der Waals surface area contributed by atoms with Crippen molar-refractivity contribution < 1.29 is 18.1 Å². The Morgan fingerprint density at radius 3 is 2.54 bits per heavy atom. The number of anilines is 1. The van der Waals surface area contributed by atoms with Gasteiger partial charge in [0.2, 0.25) is 0 Å². The molecule has 2 aliphatic heterocycles. The van der Waals surface area contributed by atoms with Crippen molar-refractivity contribution in [2.75, 3.05) is 50.5 Å². The summed E-state index contributed by atoms with van der Waals surface area (Å²) in [6.45, 7) is 4.71. The van der Waals surface area contributed by atoms with Gasteiger partial charge in [0.1, 0.15) is 5.69 Å². The SMILES string of the molecule is CS(=O)(=O)c1ccc(N2CCN(C[C@@H]3CCCCO3)CC2)c([N+](=O)[O-])c1. The summed E-state index contributed by atoms with van der Waals surface area (Å²) in [5.41, 5.74) is 0.327. The minimum absolute atomic E-state index is 0.0268. The number of hydrogen-bond donors (Lipinski definition) is 0. The second kappa shape index (κ2) is 7.89. The lowest BCUT2D eigenvalue weighted by Gasteiger charge is -2.38. The van der Waals surface area contributed by atoms with Crippen LogP contribution in [0.25, 0.3) is 0 Å². The molecule has 1 aromatic rings. The third-order valence-electron chi connectivity index (χ3n) is 5.02. The largest absolute Gasteiger partial charge is 0.377 e. The lowest BCUT2D eigenvalue weighted by atomic mass is 10.1. The molecular weight excluding hydrogens is 358 g/mol. The molecule has 144 valence electrons. The van der Waals surface area contributed by atoms with Crippen LogP contribution in [0.15, 0.2) is 23.1 Å². The van der Waals surface area contributed by atoms with E-state index in [9.17, 15) is 18.5 Å². The number of rotatable bonds is 5. The molecule has 2 fully saturated rings. The van der Waals surface area contributed by atoms with Gasteiger partial charge in [0.25, 0.3) is 5.69 Å². The number of nitro groups is 1. The van der Waals surface area contributed by atoms with Crippen LogP contribution < -0.4 is 4.90 Å². The first-order chi connectivity index (χ1) is 12.3. The van der Waals surface area contributed by atoms with Gasteiger partial charge >= 0.3 is 0 Å². The number of nitro benzene ring substituents is 1. The zero-order chi connectivity index (χ0) is 18.7. The Hall–Kier alpha value is -1.71. The van der Waals surface area contributed by atoms with Crippen LogP contribution in [-0.4, -0.2) is 69.9 Å². The summed E-state index contributed by atoms with van der Waals surface area (Å²) >= 11 is 0. The first-order valence-corrected chi connectivity index (χ1v) is 10.8. The molecule has 0 amide bonds. The van der Waals surface area contributed by atoms with Gasteiger partial charge in [-0.15, -0.1) is 0 Å². The van der Waals surface area contributed by atoms with E-state index in [4.69, 9.17) is 4.74 Å². The first kappa shape index (κ1) is 19.1. The van der Waals surface area contributed by atoms with Crippen molar-refractivity contribution in [1.29, 1.82) is 0 Å². The molecule has 0 aromatic heterocycles. The Labute approximate surface area is 153 Å². The molecule has 0 saturated carbocycles. The zero-order valence-electron chi connectivity index (χ0n) is 15.0. The molecule has 1 aromatic carbocycles. The lowest BCUT2D eigenvalue weighted by Crippen LogP contribution is -2.49. The summed E-state index contributed by atoms with van der Waals surface area (Å²) in [6.07, 6.45) is 4.79. The molecule has 3 rings (SSSR count). The van der Waals surface area contributed by atoms with Crippen LogP contribution in [0.3, 0.4) is 0 Å². The standard InChI is InChI=1S/C17H25N3O5S/c1-26(23,24)15-5-6-16(17(12-15)20(21)22)19-9-7-18(8-10-19)13-14-4-2-3-11-25-14/h5-6,12,14H,2-4,7-11,13H2,1H3/t14-/m0/s1. The van der Waals surface area contributed by atoms with E-state index < -0.39 is 14.8 Å². The van der Waals surface area contributed by atoms with Crippen LogP contribution in [-0.2, 0) is 14.6 Å². The van der Waals surface area contributed by atoms with Crippen molar-refractivity contribution in [3.63, 3.8) is 0 Å². The predicted octanol–water partition coefficient (Wildman–Crippen LogP) is 1.69. The minimum atomic E-state index is -3.48. The molecule has 8 nitrogen and oxygen atoms in total. The van der Waals surface area contributed by atoms with Crippen molar-refractivity contribution >= 4 is 21.2 Å². The number of hydrogen-bond acceptors (Lipinski definition) is 7. The van der Waals surface area contributed by atoms with Crippen LogP contribution in [0.4, 0.5) is 11.4 Å². The third kappa shape index (κ3) is 4.52. The van der Waals surface area contributed by atoms with Crippen molar-refractivity contribution in [2.24, 2.45) is 0 Å². The van der Waals surface area contributed by atoms with Gasteiger partial charge in [-0.05, 0) is 31.4 Å². The number of ether oxygens (including phenoxy) is 1. The van der Waals surface area contributed by atoms with Crippen LogP contribution >= 0.6 is 0 Å². The summed E-state index contributed by atoms with van der Waals surface area (Å²) < 4.78 is 29.1. The maximum atomic E-state index is 11.7. The molecule has 2 aliphatic rings. The Bertz CT molecular complexity index is 754. The summed E-state index contributed by atoms with van der Waals surface area (Å²) in [6, 6.07) is 4.15. The lowest BCUT2D eigenvalue weighted by molar-refractivity contribution is -0.384. The Kier molecular flexibility index (Phi) is 5.79. The molecule has 0 bridgehead atoms. The van der Waals surface area contributed by atoms with Gasteiger partial charge in [0.05, 0.1) is 15.9 Å². The summed E-state index contributed by atoms with van der Waals surface area (Å²) in [5.74, 6) is 0. The van der Waals surface area contributed by atoms with Crippen LogP contribution in [0.1, 0.15) is 19.3 Å². The molecule has 2 saturated heterocycles. The topological polar surface area (TPSA) is 93.0 Å². The maximum Gasteiger partial charge on any atom is 0.293 e. The van der Waals surface area contributed by atoms with E-state index in [2.05, 4.69) is 4.90 Å². The fourth-order valence-corrected chi connectivity index (χ4v) is 4.20. The predicted molar refractivity (Wildman–Crippen MR) is 98.5 cm³/mol. The van der Waals surface area contributed by atoms with Crippen LogP contribution in [0, 0.1) is 10.1 Å². The van der Waals surface area contributed by atoms with E-state index in [0.29, 0.717) is 24.9 Å². The van der Waals surface area contributed by atoms with E-state index >= 15 is 0 Å².